The highest BCUT2D eigenvalue weighted by Gasteiger charge is 2.43. The van der Waals surface area contributed by atoms with E-state index in [1.807, 2.05) is 4.90 Å². The summed E-state index contributed by atoms with van der Waals surface area (Å²) in [5.41, 5.74) is 1.26. The van der Waals surface area contributed by atoms with E-state index in [2.05, 4.69) is 0 Å². The highest BCUT2D eigenvalue weighted by atomic mass is 32.2. The van der Waals surface area contributed by atoms with Gasteiger partial charge >= 0.3 is 0 Å². The van der Waals surface area contributed by atoms with Crippen LogP contribution in [0.25, 0.3) is 0 Å². The Morgan fingerprint density at radius 2 is 1.89 bits per heavy atom. The molecule has 4 rings (SSSR count). The summed E-state index contributed by atoms with van der Waals surface area (Å²) < 4.78 is 33.3. The maximum atomic E-state index is 13.1. The number of nitrogens with zero attached hydrogens (tertiary/aromatic N) is 2. The minimum Gasteiger partial charge on any atom is -0.381 e. The van der Waals surface area contributed by atoms with Gasteiger partial charge in [-0.05, 0) is 50.3 Å². The van der Waals surface area contributed by atoms with Crippen molar-refractivity contribution in [3.05, 3.63) is 29.3 Å². The summed E-state index contributed by atoms with van der Waals surface area (Å²) in [7, 11) is -3.55. The molecule has 27 heavy (non-hydrogen) atoms. The average Bonchev–Trinajstić information content (AvgIpc) is 3.32. The van der Waals surface area contributed by atoms with Crippen LogP contribution in [0.3, 0.4) is 0 Å². The van der Waals surface area contributed by atoms with E-state index in [0.29, 0.717) is 37.3 Å². The molecule has 1 unspecified atom stereocenters. The zero-order valence-electron chi connectivity index (χ0n) is 15.9. The largest absolute Gasteiger partial charge is 0.381 e. The van der Waals surface area contributed by atoms with Gasteiger partial charge in [0.05, 0.1) is 11.5 Å². The molecule has 0 aliphatic carbocycles. The summed E-state index contributed by atoms with van der Waals surface area (Å²) in [6.45, 7) is 5.83. The highest BCUT2D eigenvalue weighted by molar-refractivity contribution is 7.89. The number of rotatable bonds is 3. The van der Waals surface area contributed by atoms with Gasteiger partial charge in [-0.3, -0.25) is 4.79 Å². The Hall–Kier alpha value is -1.44. The number of piperidine rings is 1. The van der Waals surface area contributed by atoms with E-state index in [-0.39, 0.29) is 16.2 Å². The van der Waals surface area contributed by atoms with Crippen molar-refractivity contribution in [3.8, 4) is 0 Å². The van der Waals surface area contributed by atoms with Gasteiger partial charge < -0.3 is 9.64 Å². The van der Waals surface area contributed by atoms with Crippen molar-refractivity contribution < 1.29 is 17.9 Å². The Morgan fingerprint density at radius 3 is 2.59 bits per heavy atom. The van der Waals surface area contributed by atoms with Crippen LogP contribution in [-0.2, 0) is 14.8 Å². The summed E-state index contributed by atoms with van der Waals surface area (Å²) in [5, 5.41) is 0. The van der Waals surface area contributed by atoms with E-state index in [0.717, 1.165) is 45.3 Å². The predicted octanol–water partition coefficient (Wildman–Crippen LogP) is 2.42. The highest BCUT2D eigenvalue weighted by Crippen LogP contribution is 2.38. The van der Waals surface area contributed by atoms with Gasteiger partial charge in [0.2, 0.25) is 10.0 Å². The van der Waals surface area contributed by atoms with Crippen LogP contribution in [0.1, 0.15) is 48.0 Å². The molecule has 3 aliphatic rings. The molecule has 0 radical (unpaired) electrons. The second-order valence-electron chi connectivity index (χ2n) is 8.22. The summed E-state index contributed by atoms with van der Waals surface area (Å²) in [6.07, 6.45) is 4.83. The summed E-state index contributed by atoms with van der Waals surface area (Å²) in [4.78, 5) is 15.2. The smallest absolute Gasteiger partial charge is 0.253 e. The van der Waals surface area contributed by atoms with E-state index in [1.165, 1.54) is 0 Å². The van der Waals surface area contributed by atoms with E-state index >= 15 is 0 Å². The van der Waals surface area contributed by atoms with Crippen molar-refractivity contribution in [1.29, 1.82) is 0 Å². The Morgan fingerprint density at radius 1 is 1.11 bits per heavy atom. The number of amides is 1. The van der Waals surface area contributed by atoms with Crippen LogP contribution in [-0.4, -0.2) is 62.9 Å². The van der Waals surface area contributed by atoms with Crippen molar-refractivity contribution >= 4 is 15.9 Å². The monoisotopic (exact) mass is 392 g/mol. The maximum absolute atomic E-state index is 13.1. The Bertz CT molecular complexity index is 824. The van der Waals surface area contributed by atoms with Crippen LogP contribution >= 0.6 is 0 Å². The molecular formula is C20H28N2O4S. The Kier molecular flexibility index (Phi) is 5.03. The van der Waals surface area contributed by atoms with E-state index in [1.54, 1.807) is 29.4 Å². The molecule has 3 heterocycles. The number of hydrogen-bond donors (Lipinski definition) is 0. The van der Waals surface area contributed by atoms with Crippen molar-refractivity contribution in [2.75, 3.05) is 39.4 Å². The molecule has 1 spiro atoms. The lowest BCUT2D eigenvalue weighted by Crippen LogP contribution is -2.36. The zero-order chi connectivity index (χ0) is 19.1. The van der Waals surface area contributed by atoms with Crippen LogP contribution in [0.5, 0.6) is 0 Å². The number of likely N-dealkylation sites (tertiary alicyclic amines) is 1. The molecule has 3 fully saturated rings. The fraction of sp³-hybridized carbons (Fsp3) is 0.650. The number of aryl methyl sites for hydroxylation is 1. The van der Waals surface area contributed by atoms with Gasteiger partial charge in [-0.2, -0.15) is 4.31 Å². The second kappa shape index (κ2) is 7.18. The number of hydrogen-bond acceptors (Lipinski definition) is 4. The fourth-order valence-electron chi connectivity index (χ4n) is 4.52. The molecule has 0 bridgehead atoms. The van der Waals surface area contributed by atoms with Crippen molar-refractivity contribution in [3.63, 3.8) is 0 Å². The first-order chi connectivity index (χ1) is 12.9. The van der Waals surface area contributed by atoms with Gasteiger partial charge in [0.1, 0.15) is 0 Å². The van der Waals surface area contributed by atoms with Gasteiger partial charge in [-0.1, -0.05) is 12.5 Å². The van der Waals surface area contributed by atoms with E-state index in [9.17, 15) is 13.2 Å². The van der Waals surface area contributed by atoms with Crippen LogP contribution in [0, 0.1) is 12.3 Å². The minimum absolute atomic E-state index is 0.0751. The molecule has 0 aromatic heterocycles. The average molecular weight is 393 g/mol. The molecule has 1 aromatic rings. The maximum Gasteiger partial charge on any atom is 0.253 e. The molecule has 1 atom stereocenters. The van der Waals surface area contributed by atoms with Crippen molar-refractivity contribution in [1.82, 2.24) is 9.21 Å². The quantitative estimate of drug-likeness (QED) is 0.792. The first kappa shape index (κ1) is 18.9. The number of ether oxygens (including phenoxy) is 1. The normalized spacial score (nSPS) is 26.8. The first-order valence-electron chi connectivity index (χ1n) is 9.89. The van der Waals surface area contributed by atoms with Crippen molar-refractivity contribution in [2.45, 2.75) is 43.9 Å². The van der Waals surface area contributed by atoms with Crippen LogP contribution in [0.2, 0.25) is 0 Å². The summed E-state index contributed by atoms with van der Waals surface area (Å²) in [5.74, 6) is -0.0751. The van der Waals surface area contributed by atoms with E-state index in [4.69, 9.17) is 4.74 Å². The second-order valence-corrected chi connectivity index (χ2v) is 10.1. The van der Waals surface area contributed by atoms with Crippen LogP contribution in [0.4, 0.5) is 0 Å². The summed E-state index contributed by atoms with van der Waals surface area (Å²) >= 11 is 0. The molecule has 6 nitrogen and oxygen atoms in total. The topological polar surface area (TPSA) is 66.9 Å². The molecule has 148 valence electrons. The van der Waals surface area contributed by atoms with Gasteiger partial charge in [0, 0.05) is 43.8 Å². The first-order valence-corrected chi connectivity index (χ1v) is 11.3. The lowest BCUT2D eigenvalue weighted by molar-refractivity contribution is 0.0765. The third-order valence-electron chi connectivity index (χ3n) is 6.28. The van der Waals surface area contributed by atoms with E-state index < -0.39 is 10.0 Å². The number of benzene rings is 1. The zero-order valence-corrected chi connectivity index (χ0v) is 16.8. The summed E-state index contributed by atoms with van der Waals surface area (Å²) in [6, 6.07) is 5.09. The van der Waals surface area contributed by atoms with Crippen LogP contribution < -0.4 is 0 Å². The third kappa shape index (κ3) is 3.52. The Labute approximate surface area is 161 Å². The minimum atomic E-state index is -3.55. The van der Waals surface area contributed by atoms with Crippen molar-refractivity contribution in [2.24, 2.45) is 5.41 Å². The standard InChI is InChI=1S/C20H28N2O4S/c1-16-5-6-17(13-18(16)27(24,25)22-9-3-2-4-10-22)19(23)21-11-7-20(14-21)8-12-26-15-20/h5-6,13H,2-4,7-12,14-15H2,1H3. The molecule has 1 amide bonds. The lowest BCUT2D eigenvalue weighted by atomic mass is 9.87. The van der Waals surface area contributed by atoms with Gasteiger partial charge in [0.25, 0.3) is 5.91 Å². The molecule has 0 N–H and O–H groups in total. The SMILES string of the molecule is Cc1ccc(C(=O)N2CCC3(CCOC3)C2)cc1S(=O)(=O)N1CCCCC1. The molecule has 3 aliphatic heterocycles. The van der Waals surface area contributed by atoms with Crippen LogP contribution in [0.15, 0.2) is 23.1 Å². The molecule has 3 saturated heterocycles. The third-order valence-corrected chi connectivity index (χ3v) is 8.32. The van der Waals surface area contributed by atoms with Gasteiger partial charge in [-0.15, -0.1) is 0 Å². The molecular weight excluding hydrogens is 364 g/mol. The molecule has 1 aromatic carbocycles. The number of carbonyl (C=O) groups is 1. The fourth-order valence-corrected chi connectivity index (χ4v) is 6.29. The molecule has 0 saturated carbocycles. The predicted molar refractivity (Wildman–Crippen MR) is 102 cm³/mol. The molecule has 7 heteroatoms. The Balaban J connectivity index is 1.58. The number of carbonyl (C=O) groups excluding carboxylic acids is 1. The van der Waals surface area contributed by atoms with Gasteiger partial charge in [0.15, 0.2) is 0 Å². The lowest BCUT2D eigenvalue weighted by Gasteiger charge is -2.27. The number of sulfonamides is 1. The van der Waals surface area contributed by atoms with Gasteiger partial charge in [-0.25, -0.2) is 8.42 Å².